The van der Waals surface area contributed by atoms with Gasteiger partial charge in [0.15, 0.2) is 0 Å². The maximum absolute atomic E-state index is 13.0. The van der Waals surface area contributed by atoms with E-state index in [0.717, 1.165) is 57.8 Å². The summed E-state index contributed by atoms with van der Waals surface area (Å²) in [5.41, 5.74) is 0.0970. The molecule has 6 amide bonds. The van der Waals surface area contributed by atoms with Gasteiger partial charge in [-0.3, -0.25) is 28.8 Å². The standard InChI is InChI=1S/3C23H36N2O2/c3*1-21(2,3)25-20(27)17-8-7-15-14-6-9-18-23(5,13-11-19(26)24-18)16(14)10-12-22(15,17)4/h3*11,13-18H,6-10,12H2,1-5H3,(H,24,26)(H,25,27)/t3*14-,15-,16-,17+,18+,22-,23+/m000/s1. The first-order valence-electron chi connectivity index (χ1n) is 32.6. The quantitative estimate of drug-likeness (QED) is 0.164. The SMILES string of the molecule is CC(C)(C)NC(=O)[C@H]1CC[C@H]2[C@@H]3CC[C@H]4NC(=O)C=C[C@]4(C)[C@H]3CC[C@]12C.CC(C)(C)NC(=O)[C@H]1CC[C@H]2[C@@H]3CC[C@H]4NC(=O)C=C[C@]4(C)[C@H]3CC[C@]12C.CC(C)(C)NC(=O)[C@H]1CC[C@H]2[C@@H]3CC[C@H]4NC(=O)C=C[C@]4(C)[C@H]3CC[C@]12C. The van der Waals surface area contributed by atoms with E-state index in [1.807, 2.05) is 0 Å². The molecule has 450 valence electrons. The molecule has 12 rings (SSSR count). The lowest BCUT2D eigenvalue weighted by Gasteiger charge is -2.58. The van der Waals surface area contributed by atoms with E-state index >= 15 is 0 Å². The van der Waals surface area contributed by atoms with Crippen LogP contribution in [0.3, 0.4) is 0 Å². The lowest BCUT2D eigenvalue weighted by Crippen LogP contribution is -2.59. The van der Waals surface area contributed by atoms with Crippen LogP contribution in [0.25, 0.3) is 0 Å². The second kappa shape index (κ2) is 20.9. The molecule has 81 heavy (non-hydrogen) atoms. The van der Waals surface area contributed by atoms with E-state index in [1.165, 1.54) is 57.8 Å². The number of amides is 6. The van der Waals surface area contributed by atoms with E-state index in [0.29, 0.717) is 53.3 Å². The summed E-state index contributed by atoms with van der Waals surface area (Å²) < 4.78 is 0. The van der Waals surface area contributed by atoms with Crippen LogP contribution in [-0.4, -0.2) is 70.2 Å². The smallest absolute Gasteiger partial charge is 0.243 e. The van der Waals surface area contributed by atoms with Gasteiger partial charge in [-0.25, -0.2) is 0 Å². The zero-order valence-corrected chi connectivity index (χ0v) is 52.8. The normalized spacial score (nSPS) is 46.1. The van der Waals surface area contributed by atoms with E-state index in [-0.39, 0.29) is 120 Å². The van der Waals surface area contributed by atoms with Gasteiger partial charge in [0.2, 0.25) is 35.4 Å². The third-order valence-corrected chi connectivity index (χ3v) is 25.5. The molecule has 0 aromatic rings. The average Bonchev–Trinajstić information content (AvgIpc) is 2.40. The molecule has 12 nitrogen and oxygen atoms in total. The fourth-order valence-electron chi connectivity index (χ4n) is 21.7. The average molecular weight is 1120 g/mol. The third kappa shape index (κ3) is 10.7. The fraction of sp³-hybridized carbons (Fsp3) is 0.826. The van der Waals surface area contributed by atoms with Crippen molar-refractivity contribution in [3.63, 3.8) is 0 Å². The van der Waals surface area contributed by atoms with Crippen molar-refractivity contribution in [3.05, 3.63) is 36.5 Å². The summed E-state index contributed by atoms with van der Waals surface area (Å²) in [5, 5.41) is 19.4. The highest BCUT2D eigenvalue weighted by molar-refractivity contribution is 5.90. The molecular formula is C69H108N6O6. The third-order valence-electron chi connectivity index (χ3n) is 25.5. The second-order valence-electron chi connectivity index (χ2n) is 33.4. The Morgan fingerprint density at radius 3 is 0.852 bits per heavy atom. The van der Waals surface area contributed by atoms with Crippen LogP contribution in [0.2, 0.25) is 0 Å². The summed E-state index contributed by atoms with van der Waals surface area (Å²) in [7, 11) is 0. The molecule has 0 aromatic carbocycles. The zero-order valence-electron chi connectivity index (χ0n) is 52.8. The molecule has 0 unspecified atom stereocenters. The van der Waals surface area contributed by atoms with Gasteiger partial charge in [-0.2, -0.15) is 0 Å². The highest BCUT2D eigenvalue weighted by atomic mass is 16.2. The van der Waals surface area contributed by atoms with E-state index in [4.69, 9.17) is 0 Å². The summed E-state index contributed by atoms with van der Waals surface area (Å²) in [6.45, 7) is 32.9. The number of carbonyl (C=O) groups is 6. The van der Waals surface area contributed by atoms with Gasteiger partial charge in [0, 0.05) is 68.7 Å². The molecule has 0 aromatic heterocycles. The minimum atomic E-state index is -0.167. The Hall–Kier alpha value is -3.96. The zero-order chi connectivity index (χ0) is 58.8. The molecule has 9 aliphatic carbocycles. The minimum absolute atomic E-state index is 0.0661. The first kappa shape index (κ1) is 60.2. The highest BCUT2D eigenvalue weighted by Gasteiger charge is 2.64. The first-order chi connectivity index (χ1) is 37.6. The molecule has 6 N–H and O–H groups in total. The van der Waals surface area contributed by atoms with Gasteiger partial charge in [0.05, 0.1) is 0 Å². The predicted molar refractivity (Wildman–Crippen MR) is 321 cm³/mol. The van der Waals surface area contributed by atoms with Gasteiger partial charge in [-0.05, 0) is 266 Å². The number of nitrogens with one attached hydrogen (secondary N) is 6. The van der Waals surface area contributed by atoms with Gasteiger partial charge in [0.25, 0.3) is 0 Å². The van der Waals surface area contributed by atoms with Gasteiger partial charge in [0.1, 0.15) is 0 Å². The van der Waals surface area contributed by atoms with Crippen molar-refractivity contribution in [1.82, 2.24) is 31.9 Å². The van der Waals surface area contributed by atoms with Crippen molar-refractivity contribution < 1.29 is 28.8 Å². The van der Waals surface area contributed by atoms with Crippen molar-refractivity contribution in [2.45, 2.75) is 254 Å². The van der Waals surface area contributed by atoms with E-state index in [9.17, 15) is 28.8 Å². The molecule has 21 atom stereocenters. The Labute approximate surface area is 488 Å². The highest BCUT2D eigenvalue weighted by Crippen LogP contribution is 2.68. The maximum Gasteiger partial charge on any atom is 0.243 e. The van der Waals surface area contributed by atoms with Crippen LogP contribution in [-0.2, 0) is 28.8 Å². The number of fused-ring (bicyclic) bond motifs is 15. The van der Waals surface area contributed by atoms with Crippen LogP contribution in [0.15, 0.2) is 36.5 Å². The lowest BCUT2D eigenvalue weighted by atomic mass is 9.48. The van der Waals surface area contributed by atoms with Gasteiger partial charge in [-0.15, -0.1) is 0 Å². The van der Waals surface area contributed by atoms with Crippen molar-refractivity contribution in [1.29, 1.82) is 0 Å². The summed E-state index contributed by atoms with van der Waals surface area (Å²) >= 11 is 0. The van der Waals surface area contributed by atoms with Crippen molar-refractivity contribution >= 4 is 35.4 Å². The molecule has 9 fully saturated rings. The topological polar surface area (TPSA) is 175 Å². The number of hydrogen-bond acceptors (Lipinski definition) is 6. The van der Waals surface area contributed by atoms with Gasteiger partial charge >= 0.3 is 0 Å². The van der Waals surface area contributed by atoms with Crippen LogP contribution in [0, 0.1) is 104 Å². The van der Waals surface area contributed by atoms with Crippen LogP contribution >= 0.6 is 0 Å². The van der Waals surface area contributed by atoms with E-state index in [1.54, 1.807) is 18.2 Å². The maximum atomic E-state index is 13.0. The molecule has 3 aliphatic heterocycles. The van der Waals surface area contributed by atoms with Crippen molar-refractivity contribution in [3.8, 4) is 0 Å². The summed E-state index contributed by atoms with van der Waals surface area (Å²) in [4.78, 5) is 74.6. The van der Waals surface area contributed by atoms with Crippen molar-refractivity contribution in [2.24, 2.45) is 104 Å². The molecule has 12 heteroatoms. The van der Waals surface area contributed by atoms with Crippen LogP contribution < -0.4 is 31.9 Å². The summed E-state index contributed by atoms with van der Waals surface area (Å²) in [6.07, 6.45) is 32.1. The molecule has 0 saturated heterocycles. The lowest BCUT2D eigenvalue weighted by molar-refractivity contribution is -0.135. The van der Waals surface area contributed by atoms with Crippen LogP contribution in [0.5, 0.6) is 0 Å². The van der Waals surface area contributed by atoms with E-state index in [2.05, 4.69) is 154 Å². The molecule has 12 aliphatic rings. The fourth-order valence-corrected chi connectivity index (χ4v) is 21.7. The van der Waals surface area contributed by atoms with Gasteiger partial charge in [-0.1, -0.05) is 59.8 Å². The monoisotopic (exact) mass is 1120 g/mol. The second-order valence-corrected chi connectivity index (χ2v) is 33.4. The minimum Gasteiger partial charge on any atom is -0.351 e. The molecule has 0 bridgehead atoms. The van der Waals surface area contributed by atoms with E-state index < -0.39 is 0 Å². The molecule has 0 radical (unpaired) electrons. The summed E-state index contributed by atoms with van der Waals surface area (Å²) in [6, 6.07) is 0.839. The Bertz CT molecular complexity index is 2310. The Kier molecular flexibility index (Phi) is 15.5. The largest absolute Gasteiger partial charge is 0.351 e. The molecule has 9 saturated carbocycles. The molecule has 0 spiro atoms. The molecule has 3 heterocycles. The Morgan fingerprint density at radius 1 is 0.370 bits per heavy atom. The van der Waals surface area contributed by atoms with Crippen molar-refractivity contribution in [2.75, 3.05) is 0 Å². The number of carbonyl (C=O) groups excluding carboxylic acids is 6. The number of hydrogen-bond donors (Lipinski definition) is 6. The summed E-state index contributed by atoms with van der Waals surface area (Å²) in [5.74, 6) is 7.22. The Morgan fingerprint density at radius 2 is 0.617 bits per heavy atom. The Balaban J connectivity index is 0.000000136. The predicted octanol–water partition coefficient (Wildman–Crippen LogP) is 11.4. The molecular weight excluding hydrogens is 1010 g/mol. The van der Waals surface area contributed by atoms with Crippen LogP contribution in [0.4, 0.5) is 0 Å². The first-order valence-corrected chi connectivity index (χ1v) is 32.6. The van der Waals surface area contributed by atoms with Gasteiger partial charge < -0.3 is 31.9 Å². The van der Waals surface area contributed by atoms with Crippen LogP contribution in [0.1, 0.15) is 219 Å². The number of rotatable bonds is 3.